The fourth-order valence-electron chi connectivity index (χ4n) is 3.12. The van der Waals surface area contributed by atoms with Gasteiger partial charge in [0.1, 0.15) is 0 Å². The molecule has 4 rings (SSSR count). The van der Waals surface area contributed by atoms with E-state index in [1.54, 1.807) is 6.07 Å². The fraction of sp³-hybridized carbons (Fsp3) is 0.0909. The first-order chi connectivity index (χ1) is 13.0. The van der Waals surface area contributed by atoms with Crippen LogP contribution in [0.3, 0.4) is 0 Å². The lowest BCUT2D eigenvalue weighted by molar-refractivity contribution is 0.0697. The molecule has 5 heteroatoms. The van der Waals surface area contributed by atoms with E-state index >= 15 is 0 Å². The van der Waals surface area contributed by atoms with Crippen molar-refractivity contribution in [1.29, 1.82) is 5.26 Å². The number of nitriles is 1. The lowest BCUT2D eigenvalue weighted by atomic mass is 9.99. The zero-order valence-electron chi connectivity index (χ0n) is 14.8. The maximum absolute atomic E-state index is 11.5. The number of nitrogens with one attached hydrogen (secondary N) is 1. The molecule has 0 atom stereocenters. The summed E-state index contributed by atoms with van der Waals surface area (Å²) in [6.07, 6.45) is 0. The minimum Gasteiger partial charge on any atom is -0.478 e. The summed E-state index contributed by atoms with van der Waals surface area (Å²) in [6.45, 7) is 4.14. The molecule has 3 aromatic rings. The van der Waals surface area contributed by atoms with Gasteiger partial charge in [0.05, 0.1) is 28.6 Å². The number of aromatic carboxylic acids is 1. The molecule has 1 heterocycles. The van der Waals surface area contributed by atoms with Crippen LogP contribution in [0.25, 0.3) is 11.1 Å². The van der Waals surface area contributed by atoms with E-state index in [1.807, 2.05) is 24.3 Å². The standard InChI is InChI=1S/C22H16N2O3/c1-12-3-4-15(7-13(12)2)16-5-6-18-19(10-16)27-20-9-14(11-23)8-17(22(25)26)21(20)24-18/h3-10,24H,1-2H3,(H,25,26). The SMILES string of the molecule is Cc1ccc(-c2ccc3c(c2)Oc2cc(C#N)cc(C(=O)O)c2N3)cc1C. The summed E-state index contributed by atoms with van der Waals surface area (Å²) in [5.74, 6) is -0.199. The van der Waals surface area contributed by atoms with Crippen molar-refractivity contribution in [2.24, 2.45) is 0 Å². The topological polar surface area (TPSA) is 82.3 Å². The molecule has 0 saturated carbocycles. The number of rotatable bonds is 2. The van der Waals surface area contributed by atoms with Crippen LogP contribution in [0.1, 0.15) is 27.0 Å². The van der Waals surface area contributed by atoms with Gasteiger partial charge in [-0.3, -0.25) is 0 Å². The van der Waals surface area contributed by atoms with Crippen molar-refractivity contribution in [2.45, 2.75) is 13.8 Å². The second kappa shape index (κ2) is 6.19. The Kier molecular flexibility index (Phi) is 3.82. The van der Waals surface area contributed by atoms with Crippen molar-refractivity contribution in [3.8, 4) is 28.7 Å². The minimum atomic E-state index is -1.12. The highest BCUT2D eigenvalue weighted by Crippen LogP contribution is 2.45. The number of benzene rings is 3. The molecule has 0 aromatic heterocycles. The van der Waals surface area contributed by atoms with Crippen molar-refractivity contribution in [2.75, 3.05) is 5.32 Å². The maximum atomic E-state index is 11.5. The van der Waals surface area contributed by atoms with Crippen LogP contribution < -0.4 is 10.1 Å². The molecule has 0 saturated heterocycles. The Hall–Kier alpha value is -3.78. The molecular weight excluding hydrogens is 340 g/mol. The Balaban J connectivity index is 1.78. The molecule has 0 aliphatic carbocycles. The van der Waals surface area contributed by atoms with Crippen LogP contribution in [-0.4, -0.2) is 11.1 Å². The summed E-state index contributed by atoms with van der Waals surface area (Å²) in [6, 6.07) is 16.9. The van der Waals surface area contributed by atoms with Gasteiger partial charge in [0, 0.05) is 6.07 Å². The molecule has 0 fully saturated rings. The van der Waals surface area contributed by atoms with Gasteiger partial charge in [0.2, 0.25) is 0 Å². The van der Waals surface area contributed by atoms with Crippen LogP contribution in [0.15, 0.2) is 48.5 Å². The van der Waals surface area contributed by atoms with E-state index in [0.717, 1.165) is 11.1 Å². The predicted molar refractivity (Wildman–Crippen MR) is 103 cm³/mol. The lowest BCUT2D eigenvalue weighted by Gasteiger charge is -2.24. The van der Waals surface area contributed by atoms with Crippen LogP contribution in [-0.2, 0) is 0 Å². The molecule has 27 heavy (non-hydrogen) atoms. The number of nitrogens with zero attached hydrogens (tertiary/aromatic N) is 1. The highest BCUT2D eigenvalue weighted by molar-refractivity contribution is 5.99. The van der Waals surface area contributed by atoms with Crippen LogP contribution in [0.4, 0.5) is 11.4 Å². The lowest BCUT2D eigenvalue weighted by Crippen LogP contribution is -2.09. The third-order valence-corrected chi connectivity index (χ3v) is 4.76. The number of fused-ring (bicyclic) bond motifs is 2. The molecule has 0 unspecified atom stereocenters. The van der Waals surface area contributed by atoms with E-state index < -0.39 is 5.97 Å². The Morgan fingerprint density at radius 2 is 1.74 bits per heavy atom. The summed E-state index contributed by atoms with van der Waals surface area (Å²) in [4.78, 5) is 11.5. The zero-order valence-corrected chi connectivity index (χ0v) is 14.8. The average Bonchev–Trinajstić information content (AvgIpc) is 2.67. The summed E-state index contributed by atoms with van der Waals surface area (Å²) in [5.41, 5.74) is 5.79. The molecule has 3 aromatic carbocycles. The highest BCUT2D eigenvalue weighted by Gasteiger charge is 2.24. The first-order valence-corrected chi connectivity index (χ1v) is 8.44. The van der Waals surface area contributed by atoms with E-state index in [4.69, 9.17) is 10.00 Å². The fourth-order valence-corrected chi connectivity index (χ4v) is 3.12. The summed E-state index contributed by atoms with van der Waals surface area (Å²) in [7, 11) is 0. The Bertz CT molecular complexity index is 1140. The van der Waals surface area contributed by atoms with Gasteiger partial charge < -0.3 is 15.2 Å². The second-order valence-corrected chi connectivity index (χ2v) is 6.55. The number of hydrogen-bond donors (Lipinski definition) is 2. The van der Waals surface area contributed by atoms with Gasteiger partial charge >= 0.3 is 5.97 Å². The van der Waals surface area contributed by atoms with E-state index in [1.165, 1.54) is 17.2 Å². The second-order valence-electron chi connectivity index (χ2n) is 6.55. The zero-order chi connectivity index (χ0) is 19.1. The molecule has 0 amide bonds. The molecule has 0 radical (unpaired) electrons. The Labute approximate surface area is 156 Å². The van der Waals surface area contributed by atoms with Gasteiger partial charge in [-0.15, -0.1) is 0 Å². The maximum Gasteiger partial charge on any atom is 0.338 e. The third-order valence-electron chi connectivity index (χ3n) is 4.76. The molecule has 5 nitrogen and oxygen atoms in total. The average molecular weight is 356 g/mol. The molecule has 0 spiro atoms. The van der Waals surface area contributed by atoms with Gasteiger partial charge in [-0.25, -0.2) is 4.79 Å². The van der Waals surface area contributed by atoms with Crippen molar-refractivity contribution >= 4 is 17.3 Å². The van der Waals surface area contributed by atoms with Gasteiger partial charge in [-0.2, -0.15) is 5.26 Å². The summed E-state index contributed by atoms with van der Waals surface area (Å²) in [5, 5.41) is 21.7. The van der Waals surface area contributed by atoms with Crippen LogP contribution in [0, 0.1) is 25.2 Å². The summed E-state index contributed by atoms with van der Waals surface area (Å²) < 4.78 is 5.95. The molecule has 1 aliphatic rings. The van der Waals surface area contributed by atoms with E-state index in [-0.39, 0.29) is 11.1 Å². The monoisotopic (exact) mass is 356 g/mol. The molecule has 1 aliphatic heterocycles. The molecule has 132 valence electrons. The Morgan fingerprint density at radius 1 is 1.00 bits per heavy atom. The predicted octanol–water partition coefficient (Wildman–Crippen LogP) is 5.39. The number of hydrogen-bond acceptors (Lipinski definition) is 4. The van der Waals surface area contributed by atoms with E-state index in [0.29, 0.717) is 22.9 Å². The van der Waals surface area contributed by atoms with Crippen molar-refractivity contribution < 1.29 is 14.6 Å². The van der Waals surface area contributed by atoms with Crippen LogP contribution in [0.2, 0.25) is 0 Å². The summed E-state index contributed by atoms with van der Waals surface area (Å²) >= 11 is 0. The molecule has 2 N–H and O–H groups in total. The van der Waals surface area contributed by atoms with Crippen molar-refractivity contribution in [3.63, 3.8) is 0 Å². The van der Waals surface area contributed by atoms with Crippen molar-refractivity contribution in [3.05, 3.63) is 70.8 Å². The Morgan fingerprint density at radius 3 is 2.44 bits per heavy atom. The quantitative estimate of drug-likeness (QED) is 0.503. The third kappa shape index (κ3) is 2.87. The van der Waals surface area contributed by atoms with Crippen molar-refractivity contribution in [1.82, 2.24) is 0 Å². The highest BCUT2D eigenvalue weighted by atomic mass is 16.5. The number of ether oxygens (including phenoxy) is 1. The van der Waals surface area contributed by atoms with Gasteiger partial charge in [0.25, 0.3) is 0 Å². The van der Waals surface area contributed by atoms with E-state index in [9.17, 15) is 9.90 Å². The van der Waals surface area contributed by atoms with Gasteiger partial charge in [-0.05, 0) is 54.3 Å². The molecular formula is C22H16N2O3. The smallest absolute Gasteiger partial charge is 0.338 e. The number of aryl methyl sites for hydroxylation is 2. The number of carboxylic acid groups (broad SMARTS) is 1. The minimum absolute atomic E-state index is 0.00735. The number of carbonyl (C=O) groups is 1. The first-order valence-electron chi connectivity index (χ1n) is 8.44. The van der Waals surface area contributed by atoms with Crippen LogP contribution in [0.5, 0.6) is 11.5 Å². The normalized spacial score (nSPS) is 11.4. The van der Waals surface area contributed by atoms with Crippen LogP contribution >= 0.6 is 0 Å². The molecule has 0 bridgehead atoms. The van der Waals surface area contributed by atoms with Gasteiger partial charge in [-0.1, -0.05) is 24.3 Å². The number of anilines is 2. The first kappa shape index (κ1) is 16.7. The largest absolute Gasteiger partial charge is 0.478 e. The van der Waals surface area contributed by atoms with E-state index in [2.05, 4.69) is 37.4 Å². The number of carboxylic acids is 1. The van der Waals surface area contributed by atoms with Gasteiger partial charge in [0.15, 0.2) is 11.5 Å².